The van der Waals surface area contributed by atoms with Gasteiger partial charge in [-0.2, -0.15) is 4.72 Å². The summed E-state index contributed by atoms with van der Waals surface area (Å²) in [5.41, 5.74) is 0. The van der Waals surface area contributed by atoms with Gasteiger partial charge in [-0.05, 0) is 6.07 Å². The second kappa shape index (κ2) is 5.91. The largest absolute Gasteiger partial charge is 0.480 e. The number of carboxylic acid groups (broad SMARTS) is 1. The normalized spacial score (nSPS) is 12.9. The van der Waals surface area contributed by atoms with Crippen molar-refractivity contribution in [2.75, 3.05) is 0 Å². The number of halogens is 2. The van der Waals surface area contributed by atoms with Gasteiger partial charge in [-0.25, -0.2) is 8.42 Å². The summed E-state index contributed by atoms with van der Waals surface area (Å²) < 4.78 is 25.9. The minimum Gasteiger partial charge on any atom is -0.480 e. The van der Waals surface area contributed by atoms with E-state index in [4.69, 9.17) is 34.7 Å². The van der Waals surface area contributed by atoms with Crippen molar-refractivity contribution in [1.29, 1.82) is 0 Å². The van der Waals surface area contributed by atoms with E-state index >= 15 is 0 Å². The lowest BCUT2D eigenvalue weighted by Gasteiger charge is -2.11. The first-order chi connectivity index (χ1) is 8.27. The molecule has 1 aromatic rings. The lowest BCUT2D eigenvalue weighted by Crippen LogP contribution is -2.40. The van der Waals surface area contributed by atoms with Crippen molar-refractivity contribution in [3.63, 3.8) is 0 Å². The molecule has 1 heterocycles. The molecule has 1 rings (SSSR count). The third-order valence-corrected chi connectivity index (χ3v) is 5.06. The van der Waals surface area contributed by atoms with E-state index in [2.05, 4.69) is 5.92 Å². The molecule has 2 N–H and O–H groups in total. The zero-order valence-electron chi connectivity index (χ0n) is 8.68. The van der Waals surface area contributed by atoms with Crippen LogP contribution in [0.3, 0.4) is 0 Å². The Bertz CT molecular complexity index is 603. The first-order valence-electron chi connectivity index (χ1n) is 4.41. The van der Waals surface area contributed by atoms with E-state index in [-0.39, 0.29) is 20.0 Å². The van der Waals surface area contributed by atoms with Crippen molar-refractivity contribution in [3.8, 4) is 12.3 Å². The molecular formula is C9H7Cl2NO4S2. The molecule has 0 aliphatic carbocycles. The number of hydrogen-bond acceptors (Lipinski definition) is 4. The second-order valence-corrected chi connectivity index (χ2v) is 7.08. The highest BCUT2D eigenvalue weighted by atomic mass is 35.5. The molecule has 0 amide bonds. The number of thiophene rings is 1. The maximum atomic E-state index is 11.9. The van der Waals surface area contributed by atoms with Crippen molar-refractivity contribution < 1.29 is 18.3 Å². The highest BCUT2D eigenvalue weighted by Gasteiger charge is 2.27. The molecule has 0 fully saturated rings. The fourth-order valence-corrected chi connectivity index (χ4v) is 4.39. The molecule has 1 atom stereocenters. The summed E-state index contributed by atoms with van der Waals surface area (Å²) >= 11 is 12.2. The standard InChI is InChI=1S/C9H7Cl2NO4S2/c1-2-3-5(9(13)14)12-18(15,16)6-4-7(10)17-8(6)11/h1,4-5,12H,3H2,(H,13,14). The summed E-state index contributed by atoms with van der Waals surface area (Å²) in [5, 5.41) is 8.81. The summed E-state index contributed by atoms with van der Waals surface area (Å²) in [7, 11) is -4.07. The Labute approximate surface area is 118 Å². The summed E-state index contributed by atoms with van der Waals surface area (Å²) in [4.78, 5) is 10.5. The Morgan fingerprint density at radius 2 is 2.22 bits per heavy atom. The van der Waals surface area contributed by atoms with Crippen LogP contribution in [0.5, 0.6) is 0 Å². The topological polar surface area (TPSA) is 83.5 Å². The maximum absolute atomic E-state index is 11.9. The van der Waals surface area contributed by atoms with Gasteiger partial charge in [0.2, 0.25) is 10.0 Å². The molecule has 1 unspecified atom stereocenters. The van der Waals surface area contributed by atoms with Gasteiger partial charge in [-0.3, -0.25) is 4.79 Å². The predicted octanol–water partition coefficient (Wildman–Crippen LogP) is 1.81. The number of nitrogens with one attached hydrogen (secondary N) is 1. The number of hydrogen-bond donors (Lipinski definition) is 2. The first kappa shape index (κ1) is 15.3. The van der Waals surface area contributed by atoms with Crippen LogP contribution in [0.15, 0.2) is 11.0 Å². The summed E-state index contributed by atoms with van der Waals surface area (Å²) in [6, 6.07) is -0.263. The van der Waals surface area contributed by atoms with Crippen molar-refractivity contribution in [2.24, 2.45) is 0 Å². The summed E-state index contributed by atoms with van der Waals surface area (Å²) in [5.74, 6) is 0.712. The molecule has 5 nitrogen and oxygen atoms in total. The van der Waals surface area contributed by atoms with Gasteiger partial charge in [0.15, 0.2) is 0 Å². The van der Waals surface area contributed by atoms with E-state index < -0.39 is 22.0 Å². The molecule has 0 saturated carbocycles. The Morgan fingerprint density at radius 1 is 1.61 bits per heavy atom. The molecular weight excluding hydrogens is 321 g/mol. The molecule has 0 aromatic carbocycles. The quantitative estimate of drug-likeness (QED) is 0.808. The Kier molecular flexibility index (Phi) is 5.01. The second-order valence-electron chi connectivity index (χ2n) is 3.11. The van der Waals surface area contributed by atoms with Gasteiger partial charge in [0, 0.05) is 6.42 Å². The number of sulfonamides is 1. The highest BCUT2D eigenvalue weighted by Crippen LogP contribution is 2.34. The van der Waals surface area contributed by atoms with E-state index in [1.54, 1.807) is 0 Å². The van der Waals surface area contributed by atoms with Crippen molar-refractivity contribution >= 4 is 50.5 Å². The monoisotopic (exact) mass is 327 g/mol. The fourth-order valence-electron chi connectivity index (χ4n) is 1.06. The van der Waals surface area contributed by atoms with E-state index in [1.165, 1.54) is 0 Å². The molecule has 18 heavy (non-hydrogen) atoms. The molecule has 0 spiro atoms. The van der Waals surface area contributed by atoms with Crippen LogP contribution in [0.1, 0.15) is 6.42 Å². The lowest BCUT2D eigenvalue weighted by molar-refractivity contribution is -0.138. The molecule has 98 valence electrons. The fraction of sp³-hybridized carbons (Fsp3) is 0.222. The molecule has 1 aromatic heterocycles. The van der Waals surface area contributed by atoms with Gasteiger partial charge in [0.1, 0.15) is 15.3 Å². The van der Waals surface area contributed by atoms with Crippen LogP contribution in [0.2, 0.25) is 8.67 Å². The molecule has 0 bridgehead atoms. The number of rotatable bonds is 5. The zero-order valence-corrected chi connectivity index (χ0v) is 11.8. The van der Waals surface area contributed by atoms with Crippen LogP contribution in [0.4, 0.5) is 0 Å². The minimum absolute atomic E-state index is 0.0441. The van der Waals surface area contributed by atoms with Gasteiger partial charge in [-0.1, -0.05) is 23.2 Å². The number of terminal acetylenes is 1. The molecule has 0 aliphatic rings. The molecule has 0 radical (unpaired) electrons. The van der Waals surface area contributed by atoms with Gasteiger partial charge < -0.3 is 5.11 Å². The van der Waals surface area contributed by atoms with Crippen LogP contribution in [0, 0.1) is 12.3 Å². The molecule has 0 saturated heterocycles. The lowest BCUT2D eigenvalue weighted by atomic mass is 10.2. The van der Waals surface area contributed by atoms with Crippen LogP contribution in [0.25, 0.3) is 0 Å². The average molecular weight is 328 g/mol. The predicted molar refractivity (Wildman–Crippen MR) is 69.5 cm³/mol. The van der Waals surface area contributed by atoms with Crippen LogP contribution in [-0.4, -0.2) is 25.5 Å². The average Bonchev–Trinajstić information content (AvgIpc) is 2.57. The molecule has 9 heteroatoms. The van der Waals surface area contributed by atoms with Crippen LogP contribution in [-0.2, 0) is 14.8 Å². The van der Waals surface area contributed by atoms with Gasteiger partial charge in [-0.15, -0.1) is 23.7 Å². The summed E-state index contributed by atoms with van der Waals surface area (Å²) in [6.45, 7) is 0. The Hall–Kier alpha value is -0.780. The third-order valence-electron chi connectivity index (χ3n) is 1.83. The van der Waals surface area contributed by atoms with Gasteiger partial charge in [0.25, 0.3) is 0 Å². The van der Waals surface area contributed by atoms with Crippen LogP contribution < -0.4 is 4.72 Å². The number of carboxylic acids is 1. The van der Waals surface area contributed by atoms with E-state index in [0.717, 1.165) is 17.4 Å². The minimum atomic E-state index is -4.07. The SMILES string of the molecule is C#CCC(NS(=O)(=O)c1cc(Cl)sc1Cl)C(=O)O. The Morgan fingerprint density at radius 3 is 2.61 bits per heavy atom. The highest BCUT2D eigenvalue weighted by molar-refractivity contribution is 7.89. The first-order valence-corrected chi connectivity index (χ1v) is 7.47. The molecule has 0 aliphatic heterocycles. The van der Waals surface area contributed by atoms with E-state index in [1.807, 2.05) is 4.72 Å². The van der Waals surface area contributed by atoms with E-state index in [9.17, 15) is 13.2 Å². The third kappa shape index (κ3) is 3.60. The van der Waals surface area contributed by atoms with Crippen molar-refractivity contribution in [2.45, 2.75) is 17.4 Å². The van der Waals surface area contributed by atoms with Gasteiger partial charge in [0.05, 0.1) is 4.34 Å². The maximum Gasteiger partial charge on any atom is 0.322 e. The van der Waals surface area contributed by atoms with Crippen LogP contribution >= 0.6 is 34.5 Å². The van der Waals surface area contributed by atoms with Crippen molar-refractivity contribution in [3.05, 3.63) is 14.7 Å². The Balaban J connectivity index is 3.05. The smallest absolute Gasteiger partial charge is 0.322 e. The number of aliphatic carboxylic acids is 1. The van der Waals surface area contributed by atoms with Gasteiger partial charge >= 0.3 is 5.97 Å². The zero-order chi connectivity index (χ0) is 13.9. The van der Waals surface area contributed by atoms with E-state index in [0.29, 0.717) is 0 Å². The summed E-state index contributed by atoms with van der Waals surface area (Å²) in [6.07, 6.45) is 4.69. The number of carbonyl (C=O) groups is 1. The van der Waals surface area contributed by atoms with Crippen molar-refractivity contribution in [1.82, 2.24) is 4.72 Å².